The standard InChI is InChI=1S/C16H17NO4S2/c1-10(2)21-12-6-4-3-5-11(12)9-13-15(20)17(16(22)23-13)8-7-14(18)19/h3-6,9-10H,7-8H2,1-2H3,(H,18,19)/b13-9-. The molecule has 1 N–H and O–H groups in total. The lowest BCUT2D eigenvalue weighted by Crippen LogP contribution is -2.30. The van der Waals surface area contributed by atoms with Gasteiger partial charge in [0.25, 0.3) is 5.91 Å². The first-order chi connectivity index (χ1) is 10.9. The molecule has 1 aliphatic heterocycles. The van der Waals surface area contributed by atoms with Gasteiger partial charge < -0.3 is 9.84 Å². The second kappa shape index (κ2) is 7.61. The molecule has 1 aromatic rings. The molecule has 1 aromatic carbocycles. The summed E-state index contributed by atoms with van der Waals surface area (Å²) in [6, 6.07) is 7.44. The van der Waals surface area contributed by atoms with E-state index in [4.69, 9.17) is 22.1 Å². The minimum atomic E-state index is -0.960. The Morgan fingerprint density at radius 2 is 2.13 bits per heavy atom. The quantitative estimate of drug-likeness (QED) is 0.627. The van der Waals surface area contributed by atoms with E-state index in [2.05, 4.69) is 0 Å². The molecule has 1 aliphatic rings. The van der Waals surface area contributed by atoms with Crippen LogP contribution in [0.5, 0.6) is 5.75 Å². The first-order valence-corrected chi connectivity index (χ1v) is 8.34. The van der Waals surface area contributed by atoms with Gasteiger partial charge >= 0.3 is 5.97 Å². The van der Waals surface area contributed by atoms with Crippen LogP contribution in [0.3, 0.4) is 0 Å². The van der Waals surface area contributed by atoms with Crippen molar-refractivity contribution in [3.05, 3.63) is 34.7 Å². The van der Waals surface area contributed by atoms with Gasteiger partial charge in [-0.1, -0.05) is 42.2 Å². The summed E-state index contributed by atoms with van der Waals surface area (Å²) >= 11 is 6.34. The van der Waals surface area contributed by atoms with Crippen molar-refractivity contribution in [2.75, 3.05) is 6.54 Å². The maximum absolute atomic E-state index is 12.4. The predicted molar refractivity (Wildman–Crippen MR) is 94.3 cm³/mol. The average Bonchev–Trinajstić information content (AvgIpc) is 2.73. The maximum atomic E-state index is 12.4. The Hall–Kier alpha value is -1.86. The van der Waals surface area contributed by atoms with Crippen molar-refractivity contribution in [1.29, 1.82) is 0 Å². The first kappa shape index (κ1) is 17.5. The van der Waals surface area contributed by atoms with Gasteiger partial charge in [0.1, 0.15) is 10.1 Å². The summed E-state index contributed by atoms with van der Waals surface area (Å²) in [6.45, 7) is 3.95. The Kier molecular flexibility index (Phi) is 5.79. The number of carboxylic acid groups (broad SMARTS) is 1. The number of carbonyl (C=O) groups is 2. The molecule has 0 saturated carbocycles. The fraction of sp³-hybridized carbons (Fsp3) is 0.312. The minimum Gasteiger partial charge on any atom is -0.490 e. The molecule has 122 valence electrons. The van der Waals surface area contributed by atoms with Gasteiger partial charge in [0, 0.05) is 12.1 Å². The summed E-state index contributed by atoms with van der Waals surface area (Å²) in [5.74, 6) is -0.530. The second-order valence-corrected chi connectivity index (χ2v) is 6.86. The van der Waals surface area contributed by atoms with Crippen LogP contribution in [-0.2, 0) is 9.59 Å². The van der Waals surface area contributed by atoms with E-state index in [1.165, 1.54) is 16.7 Å². The molecule has 7 heteroatoms. The molecule has 23 heavy (non-hydrogen) atoms. The van der Waals surface area contributed by atoms with Crippen molar-refractivity contribution in [3.63, 3.8) is 0 Å². The zero-order chi connectivity index (χ0) is 17.0. The van der Waals surface area contributed by atoms with Gasteiger partial charge in [-0.05, 0) is 26.0 Å². The largest absolute Gasteiger partial charge is 0.490 e. The topological polar surface area (TPSA) is 66.8 Å². The highest BCUT2D eigenvalue weighted by molar-refractivity contribution is 8.26. The number of carbonyl (C=O) groups excluding carboxylic acids is 1. The van der Waals surface area contributed by atoms with E-state index in [1.54, 1.807) is 6.08 Å². The molecule has 0 atom stereocenters. The Morgan fingerprint density at radius 3 is 2.78 bits per heavy atom. The number of para-hydroxylation sites is 1. The van der Waals surface area contributed by atoms with Crippen LogP contribution >= 0.6 is 24.0 Å². The van der Waals surface area contributed by atoms with Gasteiger partial charge in [0.15, 0.2) is 0 Å². The minimum absolute atomic E-state index is 0.0228. The lowest BCUT2D eigenvalue weighted by atomic mass is 10.2. The van der Waals surface area contributed by atoms with Gasteiger partial charge in [-0.25, -0.2) is 0 Å². The van der Waals surface area contributed by atoms with Gasteiger partial charge in [-0.15, -0.1) is 0 Å². The molecule has 1 fully saturated rings. The van der Waals surface area contributed by atoms with Gasteiger partial charge in [-0.3, -0.25) is 14.5 Å². The molecular formula is C16H17NO4S2. The summed E-state index contributed by atoms with van der Waals surface area (Å²) in [6.07, 6.45) is 1.62. The molecule has 0 aliphatic carbocycles. The van der Waals surface area contributed by atoms with E-state index in [1.807, 2.05) is 38.1 Å². The number of benzene rings is 1. The summed E-state index contributed by atoms with van der Waals surface area (Å²) in [7, 11) is 0. The number of amides is 1. The van der Waals surface area contributed by atoms with Gasteiger partial charge in [-0.2, -0.15) is 0 Å². The third-order valence-electron chi connectivity index (χ3n) is 2.99. The van der Waals surface area contributed by atoms with Crippen LogP contribution in [0, 0.1) is 0 Å². The van der Waals surface area contributed by atoms with E-state index in [0.717, 1.165) is 5.56 Å². The van der Waals surface area contributed by atoms with Crippen molar-refractivity contribution in [2.45, 2.75) is 26.4 Å². The second-order valence-electron chi connectivity index (χ2n) is 5.18. The normalized spacial score (nSPS) is 16.5. The van der Waals surface area contributed by atoms with Gasteiger partial charge in [0.05, 0.1) is 17.4 Å². The molecular weight excluding hydrogens is 334 g/mol. The molecule has 0 radical (unpaired) electrons. The Bertz CT molecular complexity index is 670. The molecule has 1 amide bonds. The van der Waals surface area contributed by atoms with Crippen LogP contribution in [0.1, 0.15) is 25.8 Å². The van der Waals surface area contributed by atoms with Crippen LogP contribution in [-0.4, -0.2) is 38.9 Å². The van der Waals surface area contributed by atoms with Crippen LogP contribution in [0.15, 0.2) is 29.2 Å². The van der Waals surface area contributed by atoms with E-state index in [9.17, 15) is 9.59 Å². The molecule has 5 nitrogen and oxygen atoms in total. The monoisotopic (exact) mass is 351 g/mol. The fourth-order valence-corrected chi connectivity index (χ4v) is 3.30. The van der Waals surface area contributed by atoms with E-state index in [0.29, 0.717) is 15.0 Å². The number of hydrogen-bond donors (Lipinski definition) is 1. The van der Waals surface area contributed by atoms with Gasteiger partial charge in [0.2, 0.25) is 0 Å². The molecule has 1 saturated heterocycles. The van der Waals surface area contributed by atoms with Crippen molar-refractivity contribution >= 4 is 46.3 Å². The lowest BCUT2D eigenvalue weighted by Gasteiger charge is -2.13. The zero-order valence-electron chi connectivity index (χ0n) is 12.8. The number of rotatable bonds is 6. The van der Waals surface area contributed by atoms with Crippen LogP contribution in [0.2, 0.25) is 0 Å². The van der Waals surface area contributed by atoms with Crippen molar-refractivity contribution in [2.24, 2.45) is 0 Å². The zero-order valence-corrected chi connectivity index (χ0v) is 14.4. The number of aliphatic carboxylic acids is 1. The highest BCUT2D eigenvalue weighted by atomic mass is 32.2. The summed E-state index contributed by atoms with van der Waals surface area (Å²) in [4.78, 5) is 24.8. The smallest absolute Gasteiger partial charge is 0.305 e. The highest BCUT2D eigenvalue weighted by Crippen LogP contribution is 2.34. The number of nitrogens with zero attached hydrogens (tertiary/aromatic N) is 1. The Labute approximate surface area is 144 Å². The molecule has 0 spiro atoms. The Morgan fingerprint density at radius 1 is 1.43 bits per heavy atom. The molecule has 0 unspecified atom stereocenters. The third kappa shape index (κ3) is 4.56. The van der Waals surface area contributed by atoms with E-state index < -0.39 is 5.97 Å². The molecule has 0 bridgehead atoms. The van der Waals surface area contributed by atoms with Crippen molar-refractivity contribution < 1.29 is 19.4 Å². The number of thiocarbonyl (C=S) groups is 1. The highest BCUT2D eigenvalue weighted by Gasteiger charge is 2.32. The lowest BCUT2D eigenvalue weighted by molar-refractivity contribution is -0.137. The SMILES string of the molecule is CC(C)Oc1ccccc1/C=C1\SC(=S)N(CCC(=O)O)C1=O. The Balaban J connectivity index is 2.22. The number of ether oxygens (including phenoxy) is 1. The predicted octanol–water partition coefficient (Wildman–Crippen LogP) is 3.15. The average molecular weight is 351 g/mol. The number of hydrogen-bond acceptors (Lipinski definition) is 5. The van der Waals surface area contributed by atoms with Crippen LogP contribution < -0.4 is 4.74 Å². The first-order valence-electron chi connectivity index (χ1n) is 7.11. The van der Waals surface area contributed by atoms with E-state index in [-0.39, 0.29) is 25.0 Å². The maximum Gasteiger partial charge on any atom is 0.305 e. The van der Waals surface area contributed by atoms with E-state index >= 15 is 0 Å². The number of thioether (sulfide) groups is 1. The van der Waals surface area contributed by atoms with Crippen molar-refractivity contribution in [3.8, 4) is 5.75 Å². The molecule has 2 rings (SSSR count). The molecule has 0 aromatic heterocycles. The fourth-order valence-electron chi connectivity index (χ4n) is 2.00. The molecule has 1 heterocycles. The van der Waals surface area contributed by atoms with Crippen LogP contribution in [0.25, 0.3) is 6.08 Å². The summed E-state index contributed by atoms with van der Waals surface area (Å²) < 4.78 is 6.11. The summed E-state index contributed by atoms with van der Waals surface area (Å²) in [5, 5.41) is 8.75. The summed E-state index contributed by atoms with van der Waals surface area (Å²) in [5.41, 5.74) is 0.792. The van der Waals surface area contributed by atoms with Crippen LogP contribution in [0.4, 0.5) is 0 Å². The third-order valence-corrected chi connectivity index (χ3v) is 4.37. The number of carboxylic acids is 1. The van der Waals surface area contributed by atoms with Crippen molar-refractivity contribution in [1.82, 2.24) is 4.90 Å².